The molecule has 2 aliphatic carbocycles. The highest BCUT2D eigenvalue weighted by Crippen LogP contribution is 2.44. The van der Waals surface area contributed by atoms with Gasteiger partial charge in [0.25, 0.3) is 0 Å². The molecule has 2 aliphatic rings. The smallest absolute Gasteiger partial charge is 0.0449 e. The molecule has 4 aromatic carbocycles. The Hall–Kier alpha value is -3.72. The summed E-state index contributed by atoms with van der Waals surface area (Å²) in [5.74, 6) is 0. The van der Waals surface area contributed by atoms with Gasteiger partial charge in [0.05, 0.1) is 0 Å². The molecule has 0 spiro atoms. The van der Waals surface area contributed by atoms with Crippen LogP contribution in [0.4, 0.5) is 0 Å². The van der Waals surface area contributed by atoms with Gasteiger partial charge in [-0.05, 0) is 123 Å². The molecule has 0 aliphatic heterocycles. The van der Waals surface area contributed by atoms with Crippen LogP contribution in [0.5, 0.6) is 0 Å². The van der Waals surface area contributed by atoms with Crippen molar-refractivity contribution in [2.45, 2.75) is 90.4 Å². The zero-order chi connectivity index (χ0) is 32.3. The molecule has 0 saturated heterocycles. The molecule has 48 heavy (non-hydrogen) atoms. The van der Waals surface area contributed by atoms with Gasteiger partial charge in [-0.3, -0.25) is 0 Å². The maximum atomic E-state index is 2.50. The highest BCUT2D eigenvalue weighted by molar-refractivity contribution is 7.25. The number of rotatable bonds is 14. The van der Waals surface area contributed by atoms with Crippen molar-refractivity contribution in [2.24, 2.45) is 0 Å². The summed E-state index contributed by atoms with van der Waals surface area (Å²) >= 11 is 3.84. The maximum absolute atomic E-state index is 2.50. The first-order valence-corrected chi connectivity index (χ1v) is 20.0. The molecule has 0 atom stereocenters. The van der Waals surface area contributed by atoms with Gasteiger partial charge in [-0.2, -0.15) is 0 Å². The summed E-state index contributed by atoms with van der Waals surface area (Å²) in [6, 6.07) is 39.6. The third kappa shape index (κ3) is 6.63. The summed E-state index contributed by atoms with van der Waals surface area (Å²) in [7, 11) is 0. The standard InChI is InChI=1S/C46H46S2/c1-2-3-4-5-6-7-8-9-10-11-14-32-17-20-40-36(27-32)31-38-30-35(19-22-42(38)40)44-24-26-46(48-44)45-25-23-43(47-45)34-18-21-41-37(29-34)28-33-15-12-13-16-39(33)41/h12-13,15-27,29-30H,2-11,14,28,31H2,1H3. The first-order chi connectivity index (χ1) is 23.7. The van der Waals surface area contributed by atoms with Crippen LogP contribution in [0.3, 0.4) is 0 Å². The predicted molar refractivity (Wildman–Crippen MR) is 211 cm³/mol. The number of thiophene rings is 2. The van der Waals surface area contributed by atoms with Gasteiger partial charge in [0, 0.05) is 19.5 Å². The minimum Gasteiger partial charge on any atom is -0.134 e. The van der Waals surface area contributed by atoms with Crippen LogP contribution in [-0.2, 0) is 19.3 Å². The Kier molecular flexibility index (Phi) is 9.47. The average Bonchev–Trinajstić information content (AvgIpc) is 3.92. The van der Waals surface area contributed by atoms with Gasteiger partial charge in [0.15, 0.2) is 0 Å². The Labute approximate surface area is 295 Å². The number of benzene rings is 4. The second-order valence-corrected chi connectivity index (χ2v) is 16.2. The molecule has 0 radical (unpaired) electrons. The average molecular weight is 663 g/mol. The Morgan fingerprint density at radius 2 is 0.896 bits per heavy atom. The van der Waals surface area contributed by atoms with Crippen molar-refractivity contribution in [3.8, 4) is 52.9 Å². The molecule has 0 amide bonds. The van der Waals surface area contributed by atoms with Crippen molar-refractivity contribution in [1.29, 1.82) is 0 Å². The quantitative estimate of drug-likeness (QED) is 0.102. The molecule has 6 aromatic rings. The monoisotopic (exact) mass is 662 g/mol. The van der Waals surface area contributed by atoms with E-state index in [2.05, 4.69) is 110 Å². The largest absolute Gasteiger partial charge is 0.134 e. The minimum absolute atomic E-state index is 1.04. The van der Waals surface area contributed by atoms with Crippen molar-refractivity contribution in [2.75, 3.05) is 0 Å². The molecule has 0 bridgehead atoms. The zero-order valence-electron chi connectivity index (χ0n) is 28.3. The Morgan fingerprint density at radius 3 is 1.52 bits per heavy atom. The van der Waals surface area contributed by atoms with Crippen LogP contribution in [0.25, 0.3) is 52.9 Å². The predicted octanol–water partition coefficient (Wildman–Crippen LogP) is 14.4. The van der Waals surface area contributed by atoms with Gasteiger partial charge in [0.2, 0.25) is 0 Å². The first kappa shape index (κ1) is 31.5. The first-order valence-electron chi connectivity index (χ1n) is 18.4. The zero-order valence-corrected chi connectivity index (χ0v) is 30.0. The van der Waals surface area contributed by atoms with E-state index in [0.717, 1.165) is 12.8 Å². The molecule has 2 heteroatoms. The van der Waals surface area contributed by atoms with Gasteiger partial charge in [-0.1, -0.05) is 131 Å². The molecule has 2 aromatic heterocycles. The highest BCUT2D eigenvalue weighted by atomic mass is 32.1. The van der Waals surface area contributed by atoms with Crippen molar-refractivity contribution in [3.63, 3.8) is 0 Å². The number of hydrogen-bond acceptors (Lipinski definition) is 2. The van der Waals surface area contributed by atoms with Crippen molar-refractivity contribution in [3.05, 3.63) is 131 Å². The highest BCUT2D eigenvalue weighted by Gasteiger charge is 2.21. The molecule has 0 fully saturated rings. The third-order valence-corrected chi connectivity index (χ3v) is 13.0. The SMILES string of the molecule is CCCCCCCCCCCCc1ccc2c(c1)Cc1cc(-c3ccc(-c4ccc(-c5ccc6c(c5)Cc5ccccc5-6)s4)s3)ccc1-2. The van der Waals surface area contributed by atoms with E-state index in [1.807, 2.05) is 22.7 Å². The lowest BCUT2D eigenvalue weighted by Gasteiger charge is -2.06. The molecule has 0 saturated carbocycles. The molecule has 8 rings (SSSR count). The van der Waals surface area contributed by atoms with Crippen molar-refractivity contribution in [1.82, 2.24) is 0 Å². The fourth-order valence-corrected chi connectivity index (χ4v) is 10.0. The van der Waals surface area contributed by atoms with E-state index in [1.165, 1.54) is 151 Å². The number of fused-ring (bicyclic) bond motifs is 6. The molecular formula is C46H46S2. The van der Waals surface area contributed by atoms with Crippen LogP contribution in [-0.4, -0.2) is 0 Å². The minimum atomic E-state index is 1.04. The summed E-state index contributed by atoms with van der Waals surface area (Å²) in [6.45, 7) is 2.30. The fourth-order valence-electron chi connectivity index (χ4n) is 7.94. The fraction of sp³-hybridized carbons (Fsp3) is 0.304. The van der Waals surface area contributed by atoms with Crippen LogP contribution in [0.15, 0.2) is 103 Å². The lowest BCUT2D eigenvalue weighted by Crippen LogP contribution is -1.89. The van der Waals surface area contributed by atoms with Gasteiger partial charge in [-0.25, -0.2) is 0 Å². The van der Waals surface area contributed by atoms with E-state index in [4.69, 9.17) is 0 Å². The molecule has 242 valence electrons. The molecular weight excluding hydrogens is 617 g/mol. The number of aryl methyl sites for hydroxylation is 1. The van der Waals surface area contributed by atoms with Crippen LogP contribution in [0.2, 0.25) is 0 Å². The molecule has 0 unspecified atom stereocenters. The Bertz CT molecular complexity index is 2040. The molecule has 0 nitrogen and oxygen atoms in total. The van der Waals surface area contributed by atoms with Crippen molar-refractivity contribution >= 4 is 22.7 Å². The van der Waals surface area contributed by atoms with E-state index in [1.54, 1.807) is 0 Å². The topological polar surface area (TPSA) is 0 Å². The van der Waals surface area contributed by atoms with Gasteiger partial charge >= 0.3 is 0 Å². The van der Waals surface area contributed by atoms with Crippen LogP contribution < -0.4 is 0 Å². The summed E-state index contributed by atoms with van der Waals surface area (Å²) in [6.07, 6.45) is 17.3. The van der Waals surface area contributed by atoms with E-state index in [0.29, 0.717) is 0 Å². The molecule has 0 N–H and O–H groups in total. The van der Waals surface area contributed by atoms with Gasteiger partial charge in [-0.15, -0.1) is 22.7 Å². The lowest BCUT2D eigenvalue weighted by molar-refractivity contribution is 0.556. The second-order valence-electron chi connectivity index (χ2n) is 14.0. The Balaban J connectivity index is 0.882. The second kappa shape index (κ2) is 14.4. The van der Waals surface area contributed by atoms with E-state index < -0.39 is 0 Å². The van der Waals surface area contributed by atoms with Crippen LogP contribution in [0, 0.1) is 0 Å². The summed E-state index contributed by atoms with van der Waals surface area (Å²) in [4.78, 5) is 5.42. The normalized spacial score (nSPS) is 12.6. The summed E-state index contributed by atoms with van der Waals surface area (Å²) in [5, 5.41) is 0. The van der Waals surface area contributed by atoms with Gasteiger partial charge < -0.3 is 0 Å². The number of hydrogen-bond donors (Lipinski definition) is 0. The van der Waals surface area contributed by atoms with Crippen molar-refractivity contribution < 1.29 is 0 Å². The number of unbranched alkanes of at least 4 members (excludes halogenated alkanes) is 9. The van der Waals surface area contributed by atoms with E-state index >= 15 is 0 Å². The Morgan fingerprint density at radius 1 is 0.417 bits per heavy atom. The lowest BCUT2D eigenvalue weighted by atomic mass is 9.99. The van der Waals surface area contributed by atoms with E-state index in [-0.39, 0.29) is 0 Å². The van der Waals surface area contributed by atoms with Crippen LogP contribution >= 0.6 is 22.7 Å². The summed E-state index contributed by atoms with van der Waals surface area (Å²) < 4.78 is 0. The van der Waals surface area contributed by atoms with E-state index in [9.17, 15) is 0 Å². The van der Waals surface area contributed by atoms with Crippen LogP contribution in [0.1, 0.15) is 98.9 Å². The molecule has 2 heterocycles. The van der Waals surface area contributed by atoms with Gasteiger partial charge in [0.1, 0.15) is 0 Å². The third-order valence-electron chi connectivity index (χ3n) is 10.6. The maximum Gasteiger partial charge on any atom is 0.0449 e. The summed E-state index contributed by atoms with van der Waals surface area (Å²) in [5.41, 5.74) is 15.8.